The van der Waals surface area contributed by atoms with E-state index in [1.54, 1.807) is 6.08 Å². The average molecular weight is 1080 g/mol. The molecular weight excluding hydrogens is 961 g/mol. The molecule has 0 saturated heterocycles. The van der Waals surface area contributed by atoms with E-state index >= 15 is 0 Å². The van der Waals surface area contributed by atoms with Crippen LogP contribution in [-0.2, 0) is 28.6 Å². The first kappa shape index (κ1) is 73.8. The third-order valence-electron chi connectivity index (χ3n) is 13.7. The van der Waals surface area contributed by atoms with Crippen molar-refractivity contribution in [1.82, 2.24) is 0 Å². The van der Waals surface area contributed by atoms with Crippen LogP contribution in [0.15, 0.2) is 122 Å². The molecule has 0 amide bonds. The molecule has 0 radical (unpaired) electrons. The molecule has 0 aromatic carbocycles. The number of ether oxygens (including phenoxy) is 3. The Hall–Kier alpha value is -4.19. The van der Waals surface area contributed by atoms with Crippen molar-refractivity contribution in [2.24, 2.45) is 0 Å². The Kier molecular flexibility index (Phi) is 61.8. The predicted molar refractivity (Wildman–Crippen MR) is 339 cm³/mol. The molecule has 78 heavy (non-hydrogen) atoms. The second-order valence-corrected chi connectivity index (χ2v) is 21.3. The zero-order valence-electron chi connectivity index (χ0n) is 50.9. The lowest BCUT2D eigenvalue weighted by Crippen LogP contribution is -2.30. The largest absolute Gasteiger partial charge is 0.462 e. The summed E-state index contributed by atoms with van der Waals surface area (Å²) in [6, 6.07) is 0. The minimum absolute atomic E-state index is 0.0943. The molecule has 6 heteroatoms. The molecule has 444 valence electrons. The van der Waals surface area contributed by atoms with E-state index in [1.807, 2.05) is 6.08 Å². The fraction of sp³-hybridized carbons (Fsp3) is 0.681. The topological polar surface area (TPSA) is 78.9 Å². The van der Waals surface area contributed by atoms with Crippen LogP contribution in [0.3, 0.4) is 0 Å². The number of unbranched alkanes of at least 4 members (excludes halogenated alkanes) is 28. The van der Waals surface area contributed by atoms with E-state index in [-0.39, 0.29) is 31.6 Å². The van der Waals surface area contributed by atoms with Crippen LogP contribution in [0.5, 0.6) is 0 Å². The van der Waals surface area contributed by atoms with Crippen molar-refractivity contribution >= 4 is 17.9 Å². The number of hydrogen-bond donors (Lipinski definition) is 0. The van der Waals surface area contributed by atoms with Crippen molar-refractivity contribution in [3.05, 3.63) is 122 Å². The second kappa shape index (κ2) is 65.3. The predicted octanol–water partition coefficient (Wildman–Crippen LogP) is 22.4. The molecule has 0 bridgehead atoms. The van der Waals surface area contributed by atoms with Crippen molar-refractivity contribution in [2.75, 3.05) is 13.2 Å². The molecule has 0 saturated carbocycles. The number of carbonyl (C=O) groups is 3. The van der Waals surface area contributed by atoms with Crippen molar-refractivity contribution in [3.8, 4) is 0 Å². The van der Waals surface area contributed by atoms with Crippen molar-refractivity contribution in [1.29, 1.82) is 0 Å². The van der Waals surface area contributed by atoms with Crippen LogP contribution in [0.4, 0.5) is 0 Å². The second-order valence-electron chi connectivity index (χ2n) is 21.3. The first-order valence-corrected chi connectivity index (χ1v) is 32.5. The normalized spacial score (nSPS) is 12.9. The van der Waals surface area contributed by atoms with Crippen molar-refractivity contribution in [3.63, 3.8) is 0 Å². The van der Waals surface area contributed by atoms with Gasteiger partial charge in [-0.3, -0.25) is 14.4 Å². The minimum atomic E-state index is -0.835. The maximum atomic E-state index is 12.8. The third kappa shape index (κ3) is 62.7. The van der Waals surface area contributed by atoms with Crippen molar-refractivity contribution in [2.45, 2.75) is 303 Å². The molecular formula is C72H120O6. The van der Waals surface area contributed by atoms with Gasteiger partial charge in [-0.15, -0.1) is 0 Å². The van der Waals surface area contributed by atoms with Crippen LogP contribution in [0.2, 0.25) is 0 Å². The van der Waals surface area contributed by atoms with Gasteiger partial charge >= 0.3 is 17.9 Å². The van der Waals surface area contributed by atoms with Crippen LogP contribution in [-0.4, -0.2) is 37.2 Å². The number of allylic oxidation sites excluding steroid dienone is 19. The molecule has 0 N–H and O–H groups in total. The Morgan fingerprint density at radius 1 is 0.282 bits per heavy atom. The Balaban J connectivity index is 4.10. The van der Waals surface area contributed by atoms with Crippen LogP contribution < -0.4 is 0 Å². The third-order valence-corrected chi connectivity index (χ3v) is 13.7. The van der Waals surface area contributed by atoms with Gasteiger partial charge in [0.1, 0.15) is 13.2 Å². The van der Waals surface area contributed by atoms with E-state index in [0.29, 0.717) is 12.8 Å². The standard InChI is InChI=1S/C72H120O6/c1-4-7-10-13-16-19-22-24-26-27-28-29-30-31-32-33-34-35-36-37-38-39-40-41-42-43-44-45-47-48-50-53-56-59-62-65-71(74)77-68-69(67-76-70(73)64-61-58-55-52-21-18-15-12-9-6-3)78-72(75)66-63-60-57-54-51-49-46-25-23-20-17-14-11-8-5-2/h7-8,10-12,15-17,19-20,24-26,28-29,46,51,54,60,63,69H,4-6,9,13-14,18,21-23,27,30-45,47-50,52-53,55-59,61-62,64-68H2,1-3H3/b10-7-,11-8-,15-12-,19-16-,20-17-,26-24-,29-28-,46-25-,54-51-,63-60-. The molecule has 0 aliphatic heterocycles. The first-order valence-electron chi connectivity index (χ1n) is 32.5. The minimum Gasteiger partial charge on any atom is -0.462 e. The summed E-state index contributed by atoms with van der Waals surface area (Å²) in [5, 5.41) is 0. The van der Waals surface area contributed by atoms with Crippen LogP contribution in [0.1, 0.15) is 297 Å². The molecule has 0 aromatic rings. The monoisotopic (exact) mass is 1080 g/mol. The number of hydrogen-bond acceptors (Lipinski definition) is 6. The Morgan fingerprint density at radius 2 is 0.538 bits per heavy atom. The van der Waals surface area contributed by atoms with Crippen LogP contribution >= 0.6 is 0 Å². The Morgan fingerprint density at radius 3 is 0.859 bits per heavy atom. The summed E-state index contributed by atoms with van der Waals surface area (Å²) >= 11 is 0. The van der Waals surface area contributed by atoms with E-state index in [2.05, 4.69) is 130 Å². The molecule has 0 fully saturated rings. The maximum Gasteiger partial charge on any atom is 0.310 e. The molecule has 0 rings (SSSR count). The highest BCUT2D eigenvalue weighted by atomic mass is 16.6. The quantitative estimate of drug-likeness (QED) is 0.0261. The zero-order valence-corrected chi connectivity index (χ0v) is 50.9. The molecule has 0 aromatic heterocycles. The average Bonchev–Trinajstić information content (AvgIpc) is 3.44. The number of esters is 3. The van der Waals surface area contributed by atoms with Crippen molar-refractivity contribution < 1.29 is 28.6 Å². The van der Waals surface area contributed by atoms with Crippen LogP contribution in [0, 0.1) is 0 Å². The van der Waals surface area contributed by atoms with Gasteiger partial charge in [-0.25, -0.2) is 0 Å². The van der Waals surface area contributed by atoms with Gasteiger partial charge in [-0.2, -0.15) is 0 Å². The fourth-order valence-corrected chi connectivity index (χ4v) is 8.93. The van der Waals surface area contributed by atoms with Gasteiger partial charge in [0, 0.05) is 12.8 Å². The molecule has 1 atom stereocenters. The Labute approximate surface area is 482 Å². The van der Waals surface area contributed by atoms with E-state index in [4.69, 9.17) is 14.2 Å². The molecule has 0 spiro atoms. The summed E-state index contributed by atoms with van der Waals surface area (Å²) in [7, 11) is 0. The van der Waals surface area contributed by atoms with Gasteiger partial charge in [0.05, 0.1) is 6.42 Å². The van der Waals surface area contributed by atoms with Gasteiger partial charge in [0.2, 0.25) is 0 Å². The smallest absolute Gasteiger partial charge is 0.310 e. The Bertz CT molecular complexity index is 1620. The van der Waals surface area contributed by atoms with Gasteiger partial charge in [-0.1, -0.05) is 296 Å². The first-order chi connectivity index (χ1) is 38.5. The summed E-state index contributed by atoms with van der Waals surface area (Å²) in [6.07, 6.45) is 91.3. The van der Waals surface area contributed by atoms with E-state index in [9.17, 15) is 14.4 Å². The molecule has 0 aliphatic carbocycles. The molecule has 0 heterocycles. The summed E-state index contributed by atoms with van der Waals surface area (Å²) in [5.41, 5.74) is 0. The zero-order chi connectivity index (χ0) is 56.4. The highest BCUT2D eigenvalue weighted by Crippen LogP contribution is 2.17. The lowest BCUT2D eigenvalue weighted by atomic mass is 10.0. The number of carbonyl (C=O) groups excluding carboxylic acids is 3. The van der Waals surface area contributed by atoms with E-state index in [0.717, 1.165) is 116 Å². The lowest BCUT2D eigenvalue weighted by molar-refractivity contribution is -0.166. The van der Waals surface area contributed by atoms with Crippen LogP contribution in [0.25, 0.3) is 0 Å². The fourth-order valence-electron chi connectivity index (χ4n) is 8.93. The molecule has 6 nitrogen and oxygen atoms in total. The van der Waals surface area contributed by atoms with Gasteiger partial charge in [0.15, 0.2) is 6.10 Å². The highest BCUT2D eigenvalue weighted by Gasteiger charge is 2.19. The lowest BCUT2D eigenvalue weighted by Gasteiger charge is -2.18. The summed E-state index contributed by atoms with van der Waals surface area (Å²) < 4.78 is 16.7. The summed E-state index contributed by atoms with van der Waals surface area (Å²) in [5.74, 6) is -1.06. The van der Waals surface area contributed by atoms with Gasteiger partial charge < -0.3 is 14.2 Å². The van der Waals surface area contributed by atoms with E-state index in [1.165, 1.54) is 141 Å². The SMILES string of the molecule is CC/C=C\C/C=C\C/C=C\C/C=C\C/C=C\CC(=O)OC(COC(=O)CCCCCCC/C=C\CCC)COC(=O)CCCCCCCCCCCCCCCCCCCCCCCC/C=C\C/C=C\C/C=C\C/C=C\CC. The highest BCUT2D eigenvalue weighted by molar-refractivity contribution is 5.72. The summed E-state index contributed by atoms with van der Waals surface area (Å²) in [6.45, 7) is 6.27. The van der Waals surface area contributed by atoms with Gasteiger partial charge in [-0.05, 0) is 103 Å². The maximum absolute atomic E-state index is 12.8. The molecule has 1 unspecified atom stereocenters. The van der Waals surface area contributed by atoms with E-state index < -0.39 is 12.1 Å². The van der Waals surface area contributed by atoms with Gasteiger partial charge in [0.25, 0.3) is 0 Å². The molecule has 0 aliphatic rings. The number of rotatable bonds is 58. The summed E-state index contributed by atoms with van der Waals surface area (Å²) in [4.78, 5) is 38.1.